The standard InChI is InChI=1S/C16H20ClN3O3S/c1-12-4-7-14(20(12)3)10-18-16(21)11-19(2)24(22,23)15-8-5-13(17)6-9-15/h4-9H,10-11H2,1-3H3,(H,18,21). The van der Waals surface area contributed by atoms with E-state index in [9.17, 15) is 13.2 Å². The number of benzene rings is 1. The topological polar surface area (TPSA) is 71.4 Å². The Bertz CT molecular complexity index is 829. The van der Waals surface area contributed by atoms with Crippen LogP contribution < -0.4 is 5.32 Å². The molecule has 2 aromatic rings. The minimum absolute atomic E-state index is 0.0975. The highest BCUT2D eigenvalue weighted by Gasteiger charge is 2.22. The zero-order valence-corrected chi connectivity index (χ0v) is 15.4. The van der Waals surface area contributed by atoms with Gasteiger partial charge in [-0.3, -0.25) is 4.79 Å². The first-order chi connectivity index (χ1) is 11.2. The molecule has 1 aromatic heterocycles. The molecule has 130 valence electrons. The van der Waals surface area contributed by atoms with Crippen LogP contribution in [-0.2, 0) is 28.4 Å². The summed E-state index contributed by atoms with van der Waals surface area (Å²) >= 11 is 5.77. The number of aromatic nitrogens is 1. The molecule has 2 rings (SSSR count). The Morgan fingerprint density at radius 3 is 2.38 bits per heavy atom. The maximum Gasteiger partial charge on any atom is 0.243 e. The molecule has 0 radical (unpaired) electrons. The van der Waals surface area contributed by atoms with Gasteiger partial charge in [0.25, 0.3) is 0 Å². The van der Waals surface area contributed by atoms with E-state index in [4.69, 9.17) is 11.6 Å². The van der Waals surface area contributed by atoms with E-state index in [2.05, 4.69) is 5.32 Å². The van der Waals surface area contributed by atoms with Gasteiger partial charge in [-0.25, -0.2) is 8.42 Å². The Hall–Kier alpha value is -1.83. The van der Waals surface area contributed by atoms with Crippen LogP contribution in [0.2, 0.25) is 5.02 Å². The number of likely N-dealkylation sites (N-methyl/N-ethyl adjacent to an activating group) is 1. The third kappa shape index (κ3) is 4.17. The number of hydrogen-bond acceptors (Lipinski definition) is 3. The van der Waals surface area contributed by atoms with Gasteiger partial charge in [-0.15, -0.1) is 0 Å². The normalized spacial score (nSPS) is 11.7. The highest BCUT2D eigenvalue weighted by Crippen LogP contribution is 2.17. The van der Waals surface area contributed by atoms with Crippen molar-refractivity contribution >= 4 is 27.5 Å². The Morgan fingerprint density at radius 1 is 1.21 bits per heavy atom. The molecular formula is C16H20ClN3O3S. The van der Waals surface area contributed by atoms with Gasteiger partial charge in [0.05, 0.1) is 18.0 Å². The van der Waals surface area contributed by atoms with E-state index in [1.165, 1.54) is 31.3 Å². The maximum absolute atomic E-state index is 12.4. The van der Waals surface area contributed by atoms with Crippen molar-refractivity contribution in [1.29, 1.82) is 0 Å². The number of sulfonamides is 1. The number of halogens is 1. The van der Waals surface area contributed by atoms with Gasteiger partial charge in [-0.1, -0.05) is 11.6 Å². The number of amides is 1. The molecule has 8 heteroatoms. The average Bonchev–Trinajstić information content (AvgIpc) is 2.85. The van der Waals surface area contributed by atoms with Crippen molar-refractivity contribution < 1.29 is 13.2 Å². The second-order valence-corrected chi connectivity index (χ2v) is 8.00. The number of nitrogens with zero attached hydrogens (tertiary/aromatic N) is 2. The summed E-state index contributed by atoms with van der Waals surface area (Å²) in [5.74, 6) is -0.367. The first-order valence-corrected chi connectivity index (χ1v) is 9.13. The van der Waals surface area contributed by atoms with E-state index < -0.39 is 10.0 Å². The van der Waals surface area contributed by atoms with Crippen LogP contribution in [0.15, 0.2) is 41.3 Å². The van der Waals surface area contributed by atoms with Gasteiger partial charge in [0.15, 0.2) is 0 Å². The lowest BCUT2D eigenvalue weighted by molar-refractivity contribution is -0.121. The lowest BCUT2D eigenvalue weighted by Gasteiger charge is -2.17. The van der Waals surface area contributed by atoms with Crippen molar-refractivity contribution in [2.75, 3.05) is 13.6 Å². The quantitative estimate of drug-likeness (QED) is 0.845. The third-order valence-electron chi connectivity index (χ3n) is 3.83. The van der Waals surface area contributed by atoms with Crippen LogP contribution >= 0.6 is 11.6 Å². The molecular weight excluding hydrogens is 350 g/mol. The van der Waals surface area contributed by atoms with Crippen LogP contribution in [0.4, 0.5) is 0 Å². The van der Waals surface area contributed by atoms with Gasteiger partial charge in [0.2, 0.25) is 15.9 Å². The summed E-state index contributed by atoms with van der Waals surface area (Å²) < 4.78 is 27.8. The predicted octanol–water partition coefficient (Wildman–Crippen LogP) is 1.92. The molecule has 1 amide bonds. The fourth-order valence-corrected chi connectivity index (χ4v) is 3.42. The number of carbonyl (C=O) groups is 1. The van der Waals surface area contributed by atoms with Crippen molar-refractivity contribution in [1.82, 2.24) is 14.2 Å². The number of carbonyl (C=O) groups excluding carboxylic acids is 1. The van der Waals surface area contributed by atoms with E-state index in [1.807, 2.05) is 30.7 Å². The number of aryl methyl sites for hydroxylation is 1. The second kappa shape index (κ2) is 7.38. The van der Waals surface area contributed by atoms with Crippen molar-refractivity contribution in [3.63, 3.8) is 0 Å². The van der Waals surface area contributed by atoms with Gasteiger partial charge in [0.1, 0.15) is 0 Å². The van der Waals surface area contributed by atoms with Gasteiger partial charge >= 0.3 is 0 Å². The van der Waals surface area contributed by atoms with Crippen molar-refractivity contribution in [2.45, 2.75) is 18.4 Å². The Labute approximate surface area is 147 Å². The van der Waals surface area contributed by atoms with Crippen molar-refractivity contribution in [2.24, 2.45) is 7.05 Å². The Kier molecular flexibility index (Phi) is 5.69. The molecule has 0 aliphatic carbocycles. The zero-order valence-electron chi connectivity index (χ0n) is 13.8. The van der Waals surface area contributed by atoms with Gasteiger partial charge in [-0.05, 0) is 43.3 Å². The Balaban J connectivity index is 1.97. The van der Waals surface area contributed by atoms with Crippen LogP contribution in [0.1, 0.15) is 11.4 Å². The summed E-state index contributed by atoms with van der Waals surface area (Å²) in [4.78, 5) is 12.1. The van der Waals surface area contributed by atoms with Crippen LogP contribution in [0.5, 0.6) is 0 Å². The summed E-state index contributed by atoms with van der Waals surface area (Å²) in [5, 5.41) is 3.18. The molecule has 0 aliphatic rings. The van der Waals surface area contributed by atoms with Crippen LogP contribution in [-0.4, -0.2) is 36.8 Å². The van der Waals surface area contributed by atoms with Gasteiger partial charge in [-0.2, -0.15) is 4.31 Å². The first kappa shape index (κ1) is 18.5. The molecule has 0 fully saturated rings. The summed E-state index contributed by atoms with van der Waals surface area (Å²) in [6, 6.07) is 9.71. The fourth-order valence-electron chi connectivity index (χ4n) is 2.16. The minimum atomic E-state index is -3.73. The largest absolute Gasteiger partial charge is 0.350 e. The van der Waals surface area contributed by atoms with Crippen LogP contribution in [0.3, 0.4) is 0 Å². The van der Waals surface area contributed by atoms with E-state index in [1.54, 1.807) is 0 Å². The summed E-state index contributed by atoms with van der Waals surface area (Å²) in [6.07, 6.45) is 0. The summed E-state index contributed by atoms with van der Waals surface area (Å²) in [6.45, 7) is 2.06. The molecule has 1 heterocycles. The molecule has 0 bridgehead atoms. The second-order valence-electron chi connectivity index (χ2n) is 5.52. The van der Waals surface area contributed by atoms with E-state index >= 15 is 0 Å². The number of nitrogens with one attached hydrogen (secondary N) is 1. The Morgan fingerprint density at radius 2 is 1.83 bits per heavy atom. The fraction of sp³-hybridized carbons (Fsp3) is 0.312. The van der Waals surface area contributed by atoms with Gasteiger partial charge < -0.3 is 9.88 Å². The predicted molar refractivity (Wildman–Crippen MR) is 93.3 cm³/mol. The van der Waals surface area contributed by atoms with Crippen molar-refractivity contribution in [3.05, 3.63) is 52.8 Å². The molecule has 0 spiro atoms. The van der Waals surface area contributed by atoms with E-state index in [-0.39, 0.29) is 17.3 Å². The lowest BCUT2D eigenvalue weighted by Crippen LogP contribution is -2.38. The number of rotatable bonds is 6. The smallest absolute Gasteiger partial charge is 0.243 e. The minimum Gasteiger partial charge on any atom is -0.350 e. The molecule has 1 aromatic carbocycles. The lowest BCUT2D eigenvalue weighted by atomic mass is 10.4. The monoisotopic (exact) mass is 369 g/mol. The van der Waals surface area contributed by atoms with Crippen LogP contribution in [0, 0.1) is 6.92 Å². The molecule has 0 atom stereocenters. The molecule has 24 heavy (non-hydrogen) atoms. The molecule has 1 N–H and O–H groups in total. The van der Waals surface area contributed by atoms with E-state index in [0.717, 1.165) is 15.7 Å². The highest BCUT2D eigenvalue weighted by molar-refractivity contribution is 7.89. The zero-order chi connectivity index (χ0) is 17.9. The molecule has 0 saturated carbocycles. The molecule has 0 saturated heterocycles. The highest BCUT2D eigenvalue weighted by atomic mass is 35.5. The van der Waals surface area contributed by atoms with Gasteiger partial charge in [0, 0.05) is 30.5 Å². The first-order valence-electron chi connectivity index (χ1n) is 7.31. The SMILES string of the molecule is Cc1ccc(CNC(=O)CN(C)S(=O)(=O)c2ccc(Cl)cc2)n1C. The summed E-state index contributed by atoms with van der Waals surface area (Å²) in [5.41, 5.74) is 2.03. The summed E-state index contributed by atoms with van der Waals surface area (Å²) in [7, 11) is -0.447. The van der Waals surface area contributed by atoms with Crippen LogP contribution in [0.25, 0.3) is 0 Å². The van der Waals surface area contributed by atoms with E-state index in [0.29, 0.717) is 11.6 Å². The maximum atomic E-state index is 12.4. The molecule has 6 nitrogen and oxygen atoms in total. The third-order valence-corrected chi connectivity index (χ3v) is 5.90. The molecule has 0 aliphatic heterocycles. The van der Waals surface area contributed by atoms with Crippen molar-refractivity contribution in [3.8, 4) is 0 Å². The number of hydrogen-bond donors (Lipinski definition) is 1. The molecule has 0 unspecified atom stereocenters. The average molecular weight is 370 g/mol.